The molecule has 24 heavy (non-hydrogen) atoms. The summed E-state index contributed by atoms with van der Waals surface area (Å²) in [7, 11) is -0.223. The van der Waals surface area contributed by atoms with E-state index in [-0.39, 0.29) is 35.7 Å². The summed E-state index contributed by atoms with van der Waals surface area (Å²) in [4.78, 5) is 12.0. The first-order chi connectivity index (χ1) is 10.9. The summed E-state index contributed by atoms with van der Waals surface area (Å²) in [5.74, 6) is -0.165. The van der Waals surface area contributed by atoms with Gasteiger partial charge in [-0.15, -0.1) is 12.4 Å². The van der Waals surface area contributed by atoms with Gasteiger partial charge in [-0.25, -0.2) is 13.1 Å². The van der Waals surface area contributed by atoms with Crippen LogP contribution in [0, 0.1) is 5.92 Å². The van der Waals surface area contributed by atoms with E-state index in [1.165, 1.54) is 19.2 Å². The first-order valence-corrected chi connectivity index (χ1v) is 8.89. The third kappa shape index (κ3) is 7.59. The maximum atomic E-state index is 12.0. The number of methoxy groups -OCH3 is 1. The summed E-state index contributed by atoms with van der Waals surface area (Å²) in [6.07, 6.45) is 0. The van der Waals surface area contributed by atoms with Crippen molar-refractivity contribution in [1.29, 1.82) is 0 Å². The molecule has 1 rings (SSSR count). The topological polar surface area (TPSA) is 96.5 Å². The number of benzene rings is 1. The fourth-order valence-corrected chi connectivity index (χ4v) is 2.92. The molecule has 138 valence electrons. The SMILES string of the molecule is CNCC(C)C(=O)NCc1ccc(S(=O)(=O)NCCOC)cc1.Cl. The highest BCUT2D eigenvalue weighted by molar-refractivity contribution is 7.89. The van der Waals surface area contributed by atoms with Crippen molar-refractivity contribution in [3.63, 3.8) is 0 Å². The van der Waals surface area contributed by atoms with E-state index in [0.717, 1.165) is 5.56 Å². The molecule has 3 N–H and O–H groups in total. The molecule has 0 saturated carbocycles. The Morgan fingerprint density at radius 3 is 2.42 bits per heavy atom. The number of halogens is 1. The highest BCUT2D eigenvalue weighted by Crippen LogP contribution is 2.10. The van der Waals surface area contributed by atoms with Crippen LogP contribution in [0.2, 0.25) is 0 Å². The fraction of sp³-hybridized carbons (Fsp3) is 0.533. The Labute approximate surface area is 150 Å². The van der Waals surface area contributed by atoms with Crippen molar-refractivity contribution in [3.05, 3.63) is 29.8 Å². The van der Waals surface area contributed by atoms with E-state index in [9.17, 15) is 13.2 Å². The monoisotopic (exact) mass is 379 g/mol. The zero-order valence-corrected chi connectivity index (χ0v) is 15.8. The lowest BCUT2D eigenvalue weighted by Gasteiger charge is -2.12. The van der Waals surface area contributed by atoms with Crippen molar-refractivity contribution >= 4 is 28.3 Å². The normalized spacial score (nSPS) is 12.3. The van der Waals surface area contributed by atoms with E-state index >= 15 is 0 Å². The van der Waals surface area contributed by atoms with Gasteiger partial charge in [-0.1, -0.05) is 19.1 Å². The molecule has 0 spiro atoms. The summed E-state index contributed by atoms with van der Waals surface area (Å²) in [6, 6.07) is 6.42. The van der Waals surface area contributed by atoms with E-state index < -0.39 is 10.0 Å². The zero-order chi connectivity index (χ0) is 17.3. The van der Waals surface area contributed by atoms with Gasteiger partial charge in [-0.3, -0.25) is 4.79 Å². The smallest absolute Gasteiger partial charge is 0.240 e. The number of amides is 1. The van der Waals surface area contributed by atoms with Crippen molar-refractivity contribution in [2.24, 2.45) is 5.92 Å². The number of carbonyl (C=O) groups excluding carboxylic acids is 1. The maximum absolute atomic E-state index is 12.0. The molecule has 7 nitrogen and oxygen atoms in total. The molecule has 1 amide bonds. The molecule has 0 bridgehead atoms. The molecule has 0 heterocycles. The van der Waals surface area contributed by atoms with Crippen molar-refractivity contribution < 1.29 is 17.9 Å². The van der Waals surface area contributed by atoms with Crippen molar-refractivity contribution in [2.75, 3.05) is 33.9 Å². The van der Waals surface area contributed by atoms with Crippen LogP contribution in [0.1, 0.15) is 12.5 Å². The third-order valence-corrected chi connectivity index (χ3v) is 4.73. The van der Waals surface area contributed by atoms with E-state index in [2.05, 4.69) is 15.4 Å². The summed E-state index contributed by atoms with van der Waals surface area (Å²) in [5, 5.41) is 5.77. The highest BCUT2D eigenvalue weighted by atomic mass is 35.5. The molecule has 0 radical (unpaired) electrons. The number of nitrogens with one attached hydrogen (secondary N) is 3. The molecule has 0 aliphatic carbocycles. The van der Waals surface area contributed by atoms with Gasteiger partial charge >= 0.3 is 0 Å². The molecule has 0 aliphatic heterocycles. The summed E-state index contributed by atoms with van der Waals surface area (Å²) in [5.41, 5.74) is 0.839. The van der Waals surface area contributed by atoms with E-state index in [1.54, 1.807) is 19.2 Å². The Morgan fingerprint density at radius 2 is 1.88 bits per heavy atom. The molecule has 9 heteroatoms. The Balaban J connectivity index is 0.00000529. The van der Waals surface area contributed by atoms with Crippen LogP contribution in [0.4, 0.5) is 0 Å². The van der Waals surface area contributed by atoms with E-state index in [4.69, 9.17) is 4.74 Å². The molecule has 1 aromatic carbocycles. The minimum atomic E-state index is -3.53. The van der Waals surface area contributed by atoms with Crippen molar-refractivity contribution in [3.8, 4) is 0 Å². The summed E-state index contributed by atoms with van der Waals surface area (Å²) < 4.78 is 31.3. The van der Waals surface area contributed by atoms with Gasteiger partial charge in [0.15, 0.2) is 0 Å². The third-order valence-electron chi connectivity index (χ3n) is 3.26. The average Bonchev–Trinajstić information content (AvgIpc) is 2.53. The van der Waals surface area contributed by atoms with E-state index in [0.29, 0.717) is 19.7 Å². The number of rotatable bonds is 10. The maximum Gasteiger partial charge on any atom is 0.240 e. The first-order valence-electron chi connectivity index (χ1n) is 7.40. The molecule has 1 unspecified atom stereocenters. The van der Waals surface area contributed by atoms with Crippen LogP contribution < -0.4 is 15.4 Å². The Morgan fingerprint density at radius 1 is 1.25 bits per heavy atom. The lowest BCUT2D eigenvalue weighted by atomic mass is 10.1. The van der Waals surface area contributed by atoms with Crippen LogP contribution in [-0.2, 0) is 26.1 Å². The van der Waals surface area contributed by atoms with Gasteiger partial charge in [0, 0.05) is 32.7 Å². The largest absolute Gasteiger partial charge is 0.383 e. The molecular weight excluding hydrogens is 354 g/mol. The first kappa shape index (κ1) is 22.8. The van der Waals surface area contributed by atoms with E-state index in [1.807, 2.05) is 6.92 Å². The Kier molecular flexibility index (Phi) is 10.8. The molecule has 1 atom stereocenters. The molecular formula is C15H26ClN3O4S. The van der Waals surface area contributed by atoms with Crippen LogP contribution in [0.5, 0.6) is 0 Å². The van der Waals surface area contributed by atoms with Crippen molar-refractivity contribution in [1.82, 2.24) is 15.4 Å². The Hall–Kier alpha value is -1.19. The molecule has 1 aromatic rings. The predicted molar refractivity (Wildman–Crippen MR) is 95.7 cm³/mol. The average molecular weight is 380 g/mol. The molecule has 0 aliphatic rings. The van der Waals surface area contributed by atoms with Gasteiger partial charge in [0.1, 0.15) is 0 Å². The van der Waals surface area contributed by atoms with Gasteiger partial charge in [0.2, 0.25) is 15.9 Å². The molecule has 0 saturated heterocycles. The number of hydrogen-bond donors (Lipinski definition) is 3. The number of hydrogen-bond acceptors (Lipinski definition) is 5. The van der Waals surface area contributed by atoms with Gasteiger partial charge in [-0.2, -0.15) is 0 Å². The quantitative estimate of drug-likeness (QED) is 0.514. The van der Waals surface area contributed by atoms with Crippen LogP contribution in [-0.4, -0.2) is 48.2 Å². The van der Waals surface area contributed by atoms with Gasteiger partial charge < -0.3 is 15.4 Å². The minimum absolute atomic E-state index is 0. The highest BCUT2D eigenvalue weighted by Gasteiger charge is 2.14. The lowest BCUT2D eigenvalue weighted by molar-refractivity contribution is -0.124. The second-order valence-electron chi connectivity index (χ2n) is 5.21. The van der Waals surface area contributed by atoms with Crippen molar-refractivity contribution in [2.45, 2.75) is 18.4 Å². The second kappa shape index (κ2) is 11.4. The summed E-state index contributed by atoms with van der Waals surface area (Å²) >= 11 is 0. The van der Waals surface area contributed by atoms with Crippen LogP contribution in [0.3, 0.4) is 0 Å². The molecule has 0 fully saturated rings. The van der Waals surface area contributed by atoms with Gasteiger partial charge in [0.25, 0.3) is 0 Å². The summed E-state index contributed by atoms with van der Waals surface area (Å²) in [6.45, 7) is 3.35. The number of carbonyl (C=O) groups is 1. The zero-order valence-electron chi connectivity index (χ0n) is 14.2. The molecule has 0 aromatic heterocycles. The predicted octanol–water partition coefficient (Wildman–Crippen LogP) is 0.505. The van der Waals surface area contributed by atoms with Crippen LogP contribution >= 0.6 is 12.4 Å². The van der Waals surface area contributed by atoms with Crippen LogP contribution in [0.25, 0.3) is 0 Å². The second-order valence-corrected chi connectivity index (χ2v) is 6.98. The van der Waals surface area contributed by atoms with Gasteiger partial charge in [-0.05, 0) is 24.7 Å². The Bertz CT molecular complexity index is 593. The minimum Gasteiger partial charge on any atom is -0.383 e. The lowest BCUT2D eigenvalue weighted by Crippen LogP contribution is -2.33. The van der Waals surface area contributed by atoms with Crippen LogP contribution in [0.15, 0.2) is 29.2 Å². The fourth-order valence-electron chi connectivity index (χ4n) is 1.91. The number of sulfonamides is 1. The standard InChI is InChI=1S/C15H25N3O4S.ClH/c1-12(10-16-2)15(19)17-11-13-4-6-14(7-5-13)23(20,21)18-8-9-22-3;/h4-7,12,16,18H,8-11H2,1-3H3,(H,17,19);1H. The van der Waals surface area contributed by atoms with Gasteiger partial charge in [0.05, 0.1) is 11.5 Å². The number of ether oxygens (including phenoxy) is 1.